The molecular formula is C16H23N3OS. The Hall–Kier alpha value is -1.23. The molecule has 4 N–H and O–H groups in total. The first-order chi connectivity index (χ1) is 10.1. The number of anilines is 2. The van der Waals surface area contributed by atoms with Gasteiger partial charge in [0, 0.05) is 18.2 Å². The Balaban J connectivity index is 1.56. The fourth-order valence-corrected chi connectivity index (χ4v) is 3.80. The summed E-state index contributed by atoms with van der Waals surface area (Å²) in [5.74, 6) is 0.589. The summed E-state index contributed by atoms with van der Waals surface area (Å²) in [6.45, 7) is 3.31. The Kier molecular flexibility index (Phi) is 2.96. The van der Waals surface area contributed by atoms with E-state index in [0.717, 1.165) is 30.1 Å². The van der Waals surface area contributed by atoms with Crippen molar-refractivity contribution in [3.05, 3.63) is 10.4 Å². The van der Waals surface area contributed by atoms with E-state index in [1.54, 1.807) is 11.3 Å². The van der Waals surface area contributed by atoms with Crippen molar-refractivity contribution in [1.82, 2.24) is 5.32 Å². The van der Waals surface area contributed by atoms with E-state index in [1.807, 2.05) is 0 Å². The van der Waals surface area contributed by atoms with Crippen LogP contribution in [0.25, 0.3) is 0 Å². The van der Waals surface area contributed by atoms with Crippen molar-refractivity contribution < 1.29 is 4.79 Å². The van der Waals surface area contributed by atoms with E-state index in [0.29, 0.717) is 22.3 Å². The number of hydrogen-bond donors (Lipinski definition) is 3. The lowest BCUT2D eigenvalue weighted by molar-refractivity contribution is 0.0956. The molecule has 4 nitrogen and oxygen atoms in total. The van der Waals surface area contributed by atoms with E-state index < -0.39 is 0 Å². The maximum absolute atomic E-state index is 12.3. The van der Waals surface area contributed by atoms with E-state index in [-0.39, 0.29) is 5.91 Å². The second-order valence-corrected chi connectivity index (χ2v) is 8.29. The first-order valence-electron chi connectivity index (χ1n) is 8.03. The fourth-order valence-electron chi connectivity index (χ4n) is 2.70. The first-order valence-corrected chi connectivity index (χ1v) is 8.84. The van der Waals surface area contributed by atoms with Gasteiger partial charge < -0.3 is 16.4 Å². The van der Waals surface area contributed by atoms with Gasteiger partial charge in [0.1, 0.15) is 4.88 Å². The molecule has 0 unspecified atom stereocenters. The van der Waals surface area contributed by atoms with E-state index in [4.69, 9.17) is 5.73 Å². The number of amides is 1. The molecule has 1 amide bonds. The normalized spacial score (nSPS) is 22.9. The molecule has 1 aromatic heterocycles. The van der Waals surface area contributed by atoms with Gasteiger partial charge in [0.15, 0.2) is 0 Å². The SMILES string of the molecule is CC1(CNc2sc(C(=O)NC3CC3)c(N)c2C2CC2)CC1. The van der Waals surface area contributed by atoms with Gasteiger partial charge in [-0.25, -0.2) is 0 Å². The quantitative estimate of drug-likeness (QED) is 0.755. The van der Waals surface area contributed by atoms with Crippen molar-refractivity contribution in [2.75, 3.05) is 17.6 Å². The summed E-state index contributed by atoms with van der Waals surface area (Å²) in [7, 11) is 0. The van der Waals surface area contributed by atoms with Crippen LogP contribution < -0.4 is 16.4 Å². The molecule has 5 heteroatoms. The van der Waals surface area contributed by atoms with Crippen LogP contribution in [-0.4, -0.2) is 18.5 Å². The average molecular weight is 305 g/mol. The minimum absolute atomic E-state index is 0.0209. The molecule has 21 heavy (non-hydrogen) atoms. The number of nitrogens with two attached hydrogens (primary N) is 1. The number of carbonyl (C=O) groups is 1. The molecule has 0 radical (unpaired) electrons. The summed E-state index contributed by atoms with van der Waals surface area (Å²) in [4.78, 5) is 13.0. The zero-order valence-corrected chi connectivity index (χ0v) is 13.3. The standard InChI is InChI=1S/C16H23N3OS/c1-16(6-7-16)8-18-15-11(9-2-3-9)12(17)13(21-15)14(20)19-10-4-5-10/h9-10,18H,2-8,17H2,1H3,(H,19,20). The van der Waals surface area contributed by atoms with Gasteiger partial charge in [0.25, 0.3) is 5.91 Å². The Labute approximate surface area is 129 Å². The van der Waals surface area contributed by atoms with Crippen LogP contribution in [0.3, 0.4) is 0 Å². The maximum atomic E-state index is 12.3. The van der Waals surface area contributed by atoms with Crippen molar-refractivity contribution >= 4 is 27.9 Å². The lowest BCUT2D eigenvalue weighted by Gasteiger charge is -2.11. The van der Waals surface area contributed by atoms with Crippen molar-refractivity contribution in [1.29, 1.82) is 0 Å². The van der Waals surface area contributed by atoms with Crippen LogP contribution in [0.15, 0.2) is 0 Å². The zero-order valence-electron chi connectivity index (χ0n) is 12.5. The Morgan fingerprint density at radius 1 is 1.33 bits per heavy atom. The lowest BCUT2D eigenvalue weighted by Crippen LogP contribution is -2.25. The Morgan fingerprint density at radius 3 is 2.62 bits per heavy atom. The van der Waals surface area contributed by atoms with Crippen LogP contribution >= 0.6 is 11.3 Å². The molecule has 1 aromatic rings. The highest BCUT2D eigenvalue weighted by atomic mass is 32.1. The van der Waals surface area contributed by atoms with Crippen LogP contribution in [-0.2, 0) is 0 Å². The molecule has 0 aromatic carbocycles. The van der Waals surface area contributed by atoms with Crippen molar-refractivity contribution in [2.24, 2.45) is 5.41 Å². The Morgan fingerprint density at radius 2 is 2.05 bits per heavy atom. The summed E-state index contributed by atoms with van der Waals surface area (Å²) in [5, 5.41) is 7.78. The van der Waals surface area contributed by atoms with E-state index >= 15 is 0 Å². The van der Waals surface area contributed by atoms with Gasteiger partial charge in [0.2, 0.25) is 0 Å². The molecule has 1 heterocycles. The van der Waals surface area contributed by atoms with Gasteiger partial charge in [-0.3, -0.25) is 4.79 Å². The molecule has 3 fully saturated rings. The minimum atomic E-state index is 0.0209. The zero-order chi connectivity index (χ0) is 14.6. The van der Waals surface area contributed by atoms with Crippen molar-refractivity contribution in [3.8, 4) is 0 Å². The molecule has 0 saturated heterocycles. The highest BCUT2D eigenvalue weighted by molar-refractivity contribution is 7.18. The van der Waals surface area contributed by atoms with Crippen molar-refractivity contribution in [2.45, 2.75) is 57.4 Å². The number of carbonyl (C=O) groups excluding carboxylic acids is 1. The number of thiophene rings is 1. The molecule has 0 bridgehead atoms. The van der Waals surface area contributed by atoms with Gasteiger partial charge >= 0.3 is 0 Å². The van der Waals surface area contributed by atoms with Crippen LogP contribution in [0.5, 0.6) is 0 Å². The molecule has 0 spiro atoms. The maximum Gasteiger partial charge on any atom is 0.263 e. The second kappa shape index (κ2) is 4.63. The summed E-state index contributed by atoms with van der Waals surface area (Å²) >= 11 is 1.55. The van der Waals surface area contributed by atoms with Crippen LogP contribution in [0.2, 0.25) is 0 Å². The molecule has 0 aliphatic heterocycles. The third-order valence-electron chi connectivity index (χ3n) is 4.87. The Bertz CT molecular complexity index is 583. The monoisotopic (exact) mass is 305 g/mol. The highest BCUT2D eigenvalue weighted by Crippen LogP contribution is 2.52. The van der Waals surface area contributed by atoms with E-state index in [2.05, 4.69) is 17.6 Å². The van der Waals surface area contributed by atoms with Gasteiger partial charge in [-0.1, -0.05) is 6.92 Å². The molecule has 114 valence electrons. The fraction of sp³-hybridized carbons (Fsp3) is 0.688. The van der Waals surface area contributed by atoms with E-state index in [9.17, 15) is 4.79 Å². The van der Waals surface area contributed by atoms with Gasteiger partial charge in [0.05, 0.1) is 10.7 Å². The third kappa shape index (κ3) is 2.76. The topological polar surface area (TPSA) is 67.2 Å². The van der Waals surface area contributed by atoms with Gasteiger partial charge in [-0.05, 0) is 49.9 Å². The molecule has 3 aliphatic rings. The lowest BCUT2D eigenvalue weighted by atomic mass is 10.1. The molecule has 3 saturated carbocycles. The third-order valence-corrected chi connectivity index (χ3v) is 6.05. The van der Waals surface area contributed by atoms with Gasteiger partial charge in [-0.15, -0.1) is 11.3 Å². The van der Waals surface area contributed by atoms with Crippen LogP contribution in [0.1, 0.15) is 66.6 Å². The smallest absolute Gasteiger partial charge is 0.263 e. The molecule has 4 rings (SSSR count). The molecule has 0 atom stereocenters. The van der Waals surface area contributed by atoms with Crippen molar-refractivity contribution in [3.63, 3.8) is 0 Å². The summed E-state index contributed by atoms with van der Waals surface area (Å²) in [6.07, 6.45) is 7.22. The largest absolute Gasteiger partial charge is 0.397 e. The second-order valence-electron chi connectivity index (χ2n) is 7.27. The molecular weight excluding hydrogens is 282 g/mol. The highest BCUT2D eigenvalue weighted by Gasteiger charge is 2.38. The summed E-state index contributed by atoms with van der Waals surface area (Å²) in [6, 6.07) is 0.380. The predicted molar refractivity (Wildman–Crippen MR) is 87.0 cm³/mol. The van der Waals surface area contributed by atoms with E-state index in [1.165, 1.54) is 31.2 Å². The minimum Gasteiger partial charge on any atom is -0.397 e. The van der Waals surface area contributed by atoms with Crippen LogP contribution in [0.4, 0.5) is 10.7 Å². The molecule has 3 aliphatic carbocycles. The van der Waals surface area contributed by atoms with Crippen LogP contribution in [0, 0.1) is 5.41 Å². The summed E-state index contributed by atoms with van der Waals surface area (Å²) in [5.41, 5.74) is 8.70. The number of nitrogen functional groups attached to an aromatic ring is 1. The summed E-state index contributed by atoms with van der Waals surface area (Å²) < 4.78 is 0. The number of nitrogens with one attached hydrogen (secondary N) is 2. The predicted octanol–water partition coefficient (Wildman–Crippen LogP) is 3.31. The number of hydrogen-bond acceptors (Lipinski definition) is 4. The first kappa shape index (κ1) is 13.4. The van der Waals surface area contributed by atoms with Gasteiger partial charge in [-0.2, -0.15) is 0 Å². The number of rotatable bonds is 6. The average Bonchev–Trinajstić information content (AvgIpc) is 3.25.